The Hall–Kier alpha value is -2.48. The SMILES string of the molecule is C[C@@H](Oc1ccc2c(c1)OCO2)C(=O)NCCCc1csc(N)n1. The Morgan fingerprint density at radius 1 is 1.46 bits per heavy atom. The fourth-order valence-electron chi connectivity index (χ4n) is 2.27. The van der Waals surface area contributed by atoms with Gasteiger partial charge in [-0.3, -0.25) is 4.79 Å². The molecule has 1 aromatic heterocycles. The van der Waals surface area contributed by atoms with Gasteiger partial charge >= 0.3 is 0 Å². The van der Waals surface area contributed by atoms with Gasteiger partial charge in [-0.1, -0.05) is 0 Å². The number of benzene rings is 1. The van der Waals surface area contributed by atoms with E-state index < -0.39 is 6.10 Å². The van der Waals surface area contributed by atoms with E-state index in [-0.39, 0.29) is 12.7 Å². The standard InChI is InChI=1S/C16H19N3O4S/c1-10(23-12-4-5-13-14(7-12)22-9-21-13)15(20)18-6-2-3-11-8-24-16(17)19-11/h4-5,7-8,10H,2-3,6,9H2,1H3,(H2,17,19)(H,18,20)/t10-/m1/s1. The van der Waals surface area contributed by atoms with Crippen molar-refractivity contribution in [1.82, 2.24) is 10.3 Å². The highest BCUT2D eigenvalue weighted by molar-refractivity contribution is 7.13. The Morgan fingerprint density at radius 3 is 3.08 bits per heavy atom. The van der Waals surface area contributed by atoms with Gasteiger partial charge in [0, 0.05) is 18.0 Å². The highest BCUT2D eigenvalue weighted by atomic mass is 32.1. The predicted octanol–water partition coefficient (Wildman–Crippen LogP) is 1.97. The molecule has 0 saturated carbocycles. The summed E-state index contributed by atoms with van der Waals surface area (Å²) in [5.74, 6) is 1.72. The zero-order valence-corrected chi connectivity index (χ0v) is 14.1. The number of thiazole rings is 1. The predicted molar refractivity (Wildman–Crippen MR) is 90.5 cm³/mol. The number of hydrogen-bond donors (Lipinski definition) is 2. The molecule has 0 aliphatic carbocycles. The number of nitrogens with two attached hydrogens (primary N) is 1. The molecule has 0 unspecified atom stereocenters. The highest BCUT2D eigenvalue weighted by Crippen LogP contribution is 2.35. The number of nitrogen functional groups attached to an aromatic ring is 1. The van der Waals surface area contributed by atoms with Crippen molar-refractivity contribution in [2.45, 2.75) is 25.9 Å². The third-order valence-electron chi connectivity index (χ3n) is 3.50. The third-order valence-corrected chi connectivity index (χ3v) is 4.23. The number of amides is 1. The maximum Gasteiger partial charge on any atom is 0.260 e. The summed E-state index contributed by atoms with van der Waals surface area (Å²) < 4.78 is 16.2. The number of aryl methyl sites for hydroxylation is 1. The number of rotatable bonds is 7. The van der Waals surface area contributed by atoms with E-state index in [0.29, 0.717) is 28.9 Å². The van der Waals surface area contributed by atoms with Crippen molar-refractivity contribution in [2.24, 2.45) is 0 Å². The zero-order chi connectivity index (χ0) is 16.9. The molecule has 2 aromatic rings. The second-order valence-corrected chi connectivity index (χ2v) is 6.24. The van der Waals surface area contributed by atoms with E-state index in [2.05, 4.69) is 10.3 Å². The first-order valence-corrected chi connectivity index (χ1v) is 8.53. The van der Waals surface area contributed by atoms with Crippen LogP contribution in [0.1, 0.15) is 19.0 Å². The van der Waals surface area contributed by atoms with Gasteiger partial charge in [0.25, 0.3) is 5.91 Å². The van der Waals surface area contributed by atoms with Crippen LogP contribution in [0.15, 0.2) is 23.6 Å². The van der Waals surface area contributed by atoms with Crippen LogP contribution in [0.5, 0.6) is 17.2 Å². The first kappa shape index (κ1) is 16.4. The molecule has 8 heteroatoms. The van der Waals surface area contributed by atoms with Crippen molar-refractivity contribution >= 4 is 22.4 Å². The molecule has 0 saturated heterocycles. The quantitative estimate of drug-likeness (QED) is 0.742. The minimum Gasteiger partial charge on any atom is -0.481 e. The maximum absolute atomic E-state index is 12.1. The van der Waals surface area contributed by atoms with Crippen molar-refractivity contribution in [3.8, 4) is 17.2 Å². The average Bonchev–Trinajstić information content (AvgIpc) is 3.19. The number of carbonyl (C=O) groups excluding carboxylic acids is 1. The van der Waals surface area contributed by atoms with Gasteiger partial charge in [0.2, 0.25) is 6.79 Å². The fraction of sp³-hybridized carbons (Fsp3) is 0.375. The molecule has 2 heterocycles. The Kier molecular flexibility index (Phi) is 5.05. The maximum atomic E-state index is 12.1. The molecule has 1 amide bonds. The second-order valence-electron chi connectivity index (χ2n) is 5.35. The summed E-state index contributed by atoms with van der Waals surface area (Å²) in [4.78, 5) is 16.3. The molecule has 7 nitrogen and oxygen atoms in total. The van der Waals surface area contributed by atoms with Gasteiger partial charge in [-0.25, -0.2) is 4.98 Å². The van der Waals surface area contributed by atoms with Crippen LogP contribution in [0.25, 0.3) is 0 Å². The molecule has 1 aromatic carbocycles. The minimum atomic E-state index is -0.597. The molecule has 3 N–H and O–H groups in total. The average molecular weight is 349 g/mol. The number of carbonyl (C=O) groups is 1. The molecule has 1 aliphatic rings. The topological polar surface area (TPSA) is 95.7 Å². The van der Waals surface area contributed by atoms with Gasteiger partial charge in [-0.05, 0) is 31.9 Å². The third kappa shape index (κ3) is 4.08. The summed E-state index contributed by atoms with van der Waals surface area (Å²) in [6, 6.07) is 5.24. The van der Waals surface area contributed by atoms with Crippen molar-refractivity contribution in [3.05, 3.63) is 29.3 Å². The zero-order valence-electron chi connectivity index (χ0n) is 13.3. The lowest BCUT2D eigenvalue weighted by molar-refractivity contribution is -0.127. The van der Waals surface area contributed by atoms with Gasteiger partial charge in [0.05, 0.1) is 5.69 Å². The fourth-order valence-corrected chi connectivity index (χ4v) is 2.87. The summed E-state index contributed by atoms with van der Waals surface area (Å²) in [5, 5.41) is 5.36. The van der Waals surface area contributed by atoms with Crippen LogP contribution in [0.4, 0.5) is 5.13 Å². The number of fused-ring (bicyclic) bond motifs is 1. The van der Waals surface area contributed by atoms with Gasteiger partial charge in [0.1, 0.15) is 5.75 Å². The van der Waals surface area contributed by atoms with Gasteiger partial charge in [-0.2, -0.15) is 0 Å². The number of nitrogens with one attached hydrogen (secondary N) is 1. The summed E-state index contributed by atoms with van der Waals surface area (Å²) in [6.07, 6.45) is 0.983. The van der Waals surface area contributed by atoms with Crippen molar-refractivity contribution < 1.29 is 19.0 Å². The van der Waals surface area contributed by atoms with Crippen LogP contribution >= 0.6 is 11.3 Å². The minimum absolute atomic E-state index is 0.162. The van der Waals surface area contributed by atoms with E-state index in [0.717, 1.165) is 18.5 Å². The van der Waals surface area contributed by atoms with Crippen molar-refractivity contribution in [2.75, 3.05) is 19.1 Å². The van der Waals surface area contributed by atoms with Crippen molar-refractivity contribution in [1.29, 1.82) is 0 Å². The number of anilines is 1. The molecular formula is C16H19N3O4S. The molecule has 0 bridgehead atoms. The van der Waals surface area contributed by atoms with Crippen LogP contribution in [0.3, 0.4) is 0 Å². The first-order chi connectivity index (χ1) is 11.6. The molecule has 128 valence electrons. The van der Waals surface area contributed by atoms with E-state index in [1.54, 1.807) is 25.1 Å². The number of ether oxygens (including phenoxy) is 3. The van der Waals surface area contributed by atoms with E-state index in [9.17, 15) is 4.79 Å². The van der Waals surface area contributed by atoms with Crippen LogP contribution in [0.2, 0.25) is 0 Å². The van der Waals surface area contributed by atoms with Crippen LogP contribution in [-0.4, -0.2) is 30.3 Å². The lowest BCUT2D eigenvalue weighted by atomic mass is 10.2. The lowest BCUT2D eigenvalue weighted by Crippen LogP contribution is -2.36. The Balaban J connectivity index is 1.41. The normalized spacial score (nSPS) is 13.5. The van der Waals surface area contributed by atoms with E-state index in [1.807, 2.05) is 5.38 Å². The Labute approximate surface area is 143 Å². The van der Waals surface area contributed by atoms with Crippen LogP contribution in [0, 0.1) is 0 Å². The number of aromatic nitrogens is 1. The molecule has 0 spiro atoms. The van der Waals surface area contributed by atoms with Gasteiger partial charge < -0.3 is 25.3 Å². The largest absolute Gasteiger partial charge is 0.481 e. The smallest absolute Gasteiger partial charge is 0.260 e. The van der Waals surface area contributed by atoms with E-state index in [4.69, 9.17) is 19.9 Å². The van der Waals surface area contributed by atoms with E-state index >= 15 is 0 Å². The molecule has 0 fully saturated rings. The molecular weight excluding hydrogens is 330 g/mol. The summed E-state index contributed by atoms with van der Waals surface area (Å²) in [5.41, 5.74) is 6.54. The molecule has 3 rings (SSSR count). The Bertz CT molecular complexity index is 719. The molecule has 1 aliphatic heterocycles. The van der Waals surface area contributed by atoms with Gasteiger partial charge in [-0.15, -0.1) is 11.3 Å². The monoisotopic (exact) mass is 349 g/mol. The summed E-state index contributed by atoms with van der Waals surface area (Å²) in [6.45, 7) is 2.48. The van der Waals surface area contributed by atoms with Gasteiger partial charge in [0.15, 0.2) is 22.7 Å². The molecule has 1 atom stereocenters. The highest BCUT2D eigenvalue weighted by Gasteiger charge is 2.17. The first-order valence-electron chi connectivity index (χ1n) is 7.66. The number of nitrogens with zero attached hydrogens (tertiary/aromatic N) is 1. The van der Waals surface area contributed by atoms with E-state index in [1.165, 1.54) is 11.3 Å². The molecule has 24 heavy (non-hydrogen) atoms. The molecule has 0 radical (unpaired) electrons. The summed E-state index contributed by atoms with van der Waals surface area (Å²) >= 11 is 1.42. The Morgan fingerprint density at radius 2 is 2.29 bits per heavy atom. The number of hydrogen-bond acceptors (Lipinski definition) is 7. The lowest BCUT2D eigenvalue weighted by Gasteiger charge is -2.15. The summed E-state index contributed by atoms with van der Waals surface area (Å²) in [7, 11) is 0. The van der Waals surface area contributed by atoms with Crippen molar-refractivity contribution in [3.63, 3.8) is 0 Å². The van der Waals surface area contributed by atoms with Crippen LogP contribution < -0.4 is 25.3 Å². The van der Waals surface area contributed by atoms with Crippen LogP contribution in [-0.2, 0) is 11.2 Å². The second kappa shape index (κ2) is 7.39.